The minimum absolute atomic E-state index is 0. The molecule has 0 fully saturated rings. The van der Waals surface area contributed by atoms with Crippen molar-refractivity contribution in [2.75, 3.05) is 26.8 Å². The van der Waals surface area contributed by atoms with Crippen molar-refractivity contribution in [1.29, 1.82) is 0 Å². The Balaban J connectivity index is 0.00000450. The number of benzene rings is 2. The maximum Gasteiger partial charge on any atom is 0.269 e. The van der Waals surface area contributed by atoms with E-state index in [4.69, 9.17) is 9.47 Å². The number of halogens is 1. The van der Waals surface area contributed by atoms with Crippen molar-refractivity contribution in [1.82, 2.24) is 10.6 Å². The minimum Gasteiger partial charge on any atom is -0.490 e. The van der Waals surface area contributed by atoms with Gasteiger partial charge in [0.15, 0.2) is 17.5 Å². The van der Waals surface area contributed by atoms with Gasteiger partial charge in [0.1, 0.15) is 0 Å². The summed E-state index contributed by atoms with van der Waals surface area (Å²) >= 11 is 0. The van der Waals surface area contributed by atoms with Gasteiger partial charge in [-0.1, -0.05) is 18.2 Å². The van der Waals surface area contributed by atoms with Crippen molar-refractivity contribution < 1.29 is 14.4 Å². The predicted octanol–water partition coefficient (Wildman–Crippen LogP) is 3.92. The number of non-ortho nitro benzene ring substituents is 1. The van der Waals surface area contributed by atoms with E-state index in [1.807, 2.05) is 38.1 Å². The molecule has 0 saturated carbocycles. The average molecular weight is 528 g/mol. The summed E-state index contributed by atoms with van der Waals surface area (Å²) in [6, 6.07) is 12.5. The molecule has 0 atom stereocenters. The molecule has 0 aromatic heterocycles. The highest BCUT2D eigenvalue weighted by Crippen LogP contribution is 2.28. The molecule has 0 aliphatic carbocycles. The number of hydrogen-bond donors (Lipinski definition) is 2. The second-order valence-corrected chi connectivity index (χ2v) is 6.18. The molecular formula is C21H29IN4O4. The van der Waals surface area contributed by atoms with Crippen LogP contribution >= 0.6 is 24.0 Å². The third-order valence-corrected chi connectivity index (χ3v) is 4.12. The zero-order valence-electron chi connectivity index (χ0n) is 17.5. The van der Waals surface area contributed by atoms with E-state index in [-0.39, 0.29) is 29.7 Å². The minimum atomic E-state index is -0.399. The van der Waals surface area contributed by atoms with Crippen LogP contribution < -0.4 is 20.1 Å². The first kappa shape index (κ1) is 25.5. The molecule has 0 aliphatic heterocycles. The SMILES string of the molecule is CCOc1ccc(CCNC(=NC)NCc2cccc([N+](=O)[O-])c2)cc1OCC.I. The lowest BCUT2D eigenvalue weighted by molar-refractivity contribution is -0.384. The van der Waals surface area contributed by atoms with Crippen LogP contribution in [0.5, 0.6) is 11.5 Å². The number of nitrogens with one attached hydrogen (secondary N) is 2. The molecule has 0 bridgehead atoms. The van der Waals surface area contributed by atoms with Gasteiger partial charge in [-0.15, -0.1) is 24.0 Å². The molecule has 0 amide bonds. The fourth-order valence-electron chi connectivity index (χ4n) is 2.76. The van der Waals surface area contributed by atoms with E-state index in [0.717, 1.165) is 29.0 Å². The van der Waals surface area contributed by atoms with E-state index in [2.05, 4.69) is 15.6 Å². The van der Waals surface area contributed by atoms with Crippen molar-refractivity contribution in [3.63, 3.8) is 0 Å². The van der Waals surface area contributed by atoms with Crippen LogP contribution in [-0.4, -0.2) is 37.7 Å². The highest BCUT2D eigenvalue weighted by Gasteiger charge is 2.08. The molecule has 164 valence electrons. The Morgan fingerprint density at radius 1 is 1.03 bits per heavy atom. The maximum atomic E-state index is 10.9. The number of nitro groups is 1. The molecule has 0 saturated heterocycles. The Bertz CT molecular complexity index is 846. The Morgan fingerprint density at radius 2 is 1.77 bits per heavy atom. The van der Waals surface area contributed by atoms with Crippen LogP contribution in [0.15, 0.2) is 47.5 Å². The third kappa shape index (κ3) is 8.05. The van der Waals surface area contributed by atoms with Gasteiger partial charge in [-0.25, -0.2) is 0 Å². The van der Waals surface area contributed by atoms with Crippen LogP contribution in [0.1, 0.15) is 25.0 Å². The molecular weight excluding hydrogens is 499 g/mol. The Kier molecular flexibility index (Phi) is 11.6. The van der Waals surface area contributed by atoms with Gasteiger partial charge in [-0.05, 0) is 43.5 Å². The van der Waals surface area contributed by atoms with Gasteiger partial charge in [0, 0.05) is 32.3 Å². The van der Waals surface area contributed by atoms with Gasteiger partial charge >= 0.3 is 0 Å². The van der Waals surface area contributed by atoms with Crippen molar-refractivity contribution in [2.45, 2.75) is 26.8 Å². The Labute approximate surface area is 194 Å². The largest absolute Gasteiger partial charge is 0.490 e. The van der Waals surface area contributed by atoms with Crippen LogP contribution in [0.25, 0.3) is 0 Å². The summed E-state index contributed by atoms with van der Waals surface area (Å²) in [5, 5.41) is 17.3. The topological polar surface area (TPSA) is 98.0 Å². The first-order valence-corrected chi connectivity index (χ1v) is 9.63. The first-order valence-electron chi connectivity index (χ1n) is 9.63. The average Bonchev–Trinajstić information content (AvgIpc) is 2.72. The number of ether oxygens (including phenoxy) is 2. The predicted molar refractivity (Wildman–Crippen MR) is 129 cm³/mol. The Hall–Kier alpha value is -2.56. The van der Waals surface area contributed by atoms with Crippen molar-refractivity contribution in [2.24, 2.45) is 4.99 Å². The molecule has 30 heavy (non-hydrogen) atoms. The van der Waals surface area contributed by atoms with Gasteiger partial charge in [-0.3, -0.25) is 15.1 Å². The number of nitrogens with zero attached hydrogens (tertiary/aromatic N) is 2. The molecule has 0 radical (unpaired) electrons. The van der Waals surface area contributed by atoms with E-state index in [0.29, 0.717) is 32.3 Å². The lowest BCUT2D eigenvalue weighted by Crippen LogP contribution is -2.37. The summed E-state index contributed by atoms with van der Waals surface area (Å²) in [4.78, 5) is 14.7. The van der Waals surface area contributed by atoms with E-state index >= 15 is 0 Å². The van der Waals surface area contributed by atoms with Gasteiger partial charge in [-0.2, -0.15) is 0 Å². The maximum absolute atomic E-state index is 10.9. The summed E-state index contributed by atoms with van der Waals surface area (Å²) in [5.41, 5.74) is 2.02. The molecule has 0 aliphatic rings. The quantitative estimate of drug-likeness (QED) is 0.160. The molecule has 2 N–H and O–H groups in total. The van der Waals surface area contributed by atoms with Gasteiger partial charge < -0.3 is 20.1 Å². The smallest absolute Gasteiger partial charge is 0.269 e. The molecule has 2 aromatic rings. The van der Waals surface area contributed by atoms with Crippen LogP contribution in [-0.2, 0) is 13.0 Å². The zero-order valence-corrected chi connectivity index (χ0v) is 19.8. The molecule has 0 spiro atoms. The monoisotopic (exact) mass is 528 g/mol. The summed E-state index contributed by atoms with van der Waals surface area (Å²) < 4.78 is 11.3. The lowest BCUT2D eigenvalue weighted by atomic mass is 10.1. The number of aliphatic imine (C=N–C) groups is 1. The second-order valence-electron chi connectivity index (χ2n) is 6.18. The van der Waals surface area contributed by atoms with E-state index < -0.39 is 4.92 Å². The molecule has 2 rings (SSSR count). The van der Waals surface area contributed by atoms with Crippen LogP contribution in [0, 0.1) is 10.1 Å². The van der Waals surface area contributed by atoms with Gasteiger partial charge in [0.25, 0.3) is 5.69 Å². The summed E-state index contributed by atoms with van der Waals surface area (Å²) in [6.45, 7) is 6.18. The number of rotatable bonds is 10. The summed E-state index contributed by atoms with van der Waals surface area (Å²) in [6.07, 6.45) is 0.782. The molecule has 9 heteroatoms. The van der Waals surface area contributed by atoms with Crippen LogP contribution in [0.4, 0.5) is 5.69 Å². The van der Waals surface area contributed by atoms with Crippen molar-refractivity contribution in [3.8, 4) is 11.5 Å². The van der Waals surface area contributed by atoms with Crippen LogP contribution in [0.2, 0.25) is 0 Å². The highest BCUT2D eigenvalue weighted by atomic mass is 127. The fourth-order valence-corrected chi connectivity index (χ4v) is 2.76. The van der Waals surface area contributed by atoms with Crippen molar-refractivity contribution in [3.05, 3.63) is 63.7 Å². The second kappa shape index (κ2) is 13.6. The third-order valence-electron chi connectivity index (χ3n) is 4.12. The first-order chi connectivity index (χ1) is 14.1. The highest BCUT2D eigenvalue weighted by molar-refractivity contribution is 14.0. The molecule has 0 unspecified atom stereocenters. The Morgan fingerprint density at radius 3 is 2.43 bits per heavy atom. The summed E-state index contributed by atoms with van der Waals surface area (Å²) in [5.74, 6) is 2.13. The fraction of sp³-hybridized carbons (Fsp3) is 0.381. The normalized spacial score (nSPS) is 10.7. The van der Waals surface area contributed by atoms with E-state index in [1.54, 1.807) is 19.2 Å². The number of nitro benzene ring substituents is 1. The molecule has 8 nitrogen and oxygen atoms in total. The lowest BCUT2D eigenvalue weighted by Gasteiger charge is -2.14. The standard InChI is InChI=1S/C21H28N4O4.HI/c1-4-28-19-10-9-16(14-20(19)29-5-2)11-12-23-21(22-3)24-15-17-7-6-8-18(13-17)25(26)27;/h6-10,13-14H,4-5,11-12,15H2,1-3H3,(H2,22,23,24);1H. The van der Waals surface area contributed by atoms with Gasteiger partial charge in [0.2, 0.25) is 0 Å². The number of guanidine groups is 1. The van der Waals surface area contributed by atoms with E-state index in [9.17, 15) is 10.1 Å². The summed E-state index contributed by atoms with van der Waals surface area (Å²) in [7, 11) is 1.69. The number of hydrogen-bond acceptors (Lipinski definition) is 5. The molecule has 0 heterocycles. The zero-order chi connectivity index (χ0) is 21.1. The van der Waals surface area contributed by atoms with Gasteiger partial charge in [0.05, 0.1) is 18.1 Å². The van der Waals surface area contributed by atoms with E-state index in [1.165, 1.54) is 6.07 Å². The van der Waals surface area contributed by atoms with Crippen LogP contribution in [0.3, 0.4) is 0 Å². The molecule has 2 aromatic carbocycles. The van der Waals surface area contributed by atoms with Crippen molar-refractivity contribution >= 4 is 35.6 Å².